The molecule has 0 amide bonds. The van der Waals surface area contributed by atoms with Gasteiger partial charge in [-0.25, -0.2) is 4.98 Å². The monoisotopic (exact) mass is 232 g/mol. The molecule has 5 nitrogen and oxygen atoms in total. The zero-order chi connectivity index (χ0) is 12.7. The number of carbonyl (C=O) groups is 2. The van der Waals surface area contributed by atoms with Gasteiger partial charge in [-0.2, -0.15) is 0 Å². The number of fused-ring (bicyclic) bond motifs is 1. The molecular formula is C12H12N2O3. The lowest BCUT2D eigenvalue weighted by atomic mass is 10.0. The van der Waals surface area contributed by atoms with Gasteiger partial charge in [0.15, 0.2) is 6.29 Å². The van der Waals surface area contributed by atoms with Crippen molar-refractivity contribution in [3.63, 3.8) is 0 Å². The maximum absolute atomic E-state index is 11.6. The lowest BCUT2D eigenvalue weighted by molar-refractivity contribution is -0.104. The van der Waals surface area contributed by atoms with E-state index in [9.17, 15) is 14.7 Å². The van der Waals surface area contributed by atoms with Gasteiger partial charge in [0.25, 0.3) is 0 Å². The summed E-state index contributed by atoms with van der Waals surface area (Å²) in [7, 11) is 1.77. The van der Waals surface area contributed by atoms with Crippen molar-refractivity contribution in [2.24, 2.45) is 7.05 Å². The van der Waals surface area contributed by atoms with Crippen LogP contribution in [-0.2, 0) is 11.8 Å². The number of imidazole rings is 1. The maximum Gasteiger partial charge on any atom is 0.227 e. The van der Waals surface area contributed by atoms with Gasteiger partial charge in [0, 0.05) is 18.7 Å². The van der Waals surface area contributed by atoms with Crippen LogP contribution in [0.25, 0.3) is 11.0 Å². The van der Waals surface area contributed by atoms with Crippen molar-refractivity contribution in [2.75, 3.05) is 0 Å². The van der Waals surface area contributed by atoms with Crippen molar-refractivity contribution in [2.45, 2.75) is 13.8 Å². The quantitative estimate of drug-likeness (QED) is 0.481. The van der Waals surface area contributed by atoms with Crippen LogP contribution in [-0.4, -0.2) is 26.7 Å². The summed E-state index contributed by atoms with van der Waals surface area (Å²) < 4.78 is 1.73. The fourth-order valence-electron chi connectivity index (χ4n) is 1.94. The zero-order valence-corrected chi connectivity index (χ0v) is 9.81. The second kappa shape index (κ2) is 3.69. The first kappa shape index (κ1) is 11.3. The van der Waals surface area contributed by atoms with Gasteiger partial charge in [-0.15, -0.1) is 0 Å². The standard InChI is InChI=1S/C12H12N2O3/c1-6-9(16)4-8-12(11(6)10(17)5-15)14(3)7(2)13-8/h4-5,16H,1-3H3. The topological polar surface area (TPSA) is 72.2 Å². The van der Waals surface area contributed by atoms with Crippen LogP contribution in [0.5, 0.6) is 5.75 Å². The molecule has 0 saturated carbocycles. The smallest absolute Gasteiger partial charge is 0.227 e. The summed E-state index contributed by atoms with van der Waals surface area (Å²) in [5.74, 6) is 0.0390. The van der Waals surface area contributed by atoms with Crippen LogP contribution in [0.15, 0.2) is 6.07 Å². The number of phenols is 1. The van der Waals surface area contributed by atoms with Gasteiger partial charge in [-0.1, -0.05) is 0 Å². The number of aryl methyl sites for hydroxylation is 2. The Morgan fingerprint density at radius 3 is 2.71 bits per heavy atom. The number of hydrogen-bond donors (Lipinski definition) is 1. The Labute approximate surface area is 97.7 Å². The summed E-state index contributed by atoms with van der Waals surface area (Å²) in [6.07, 6.45) is 0.254. The van der Waals surface area contributed by atoms with E-state index in [4.69, 9.17) is 0 Å². The molecule has 0 bridgehead atoms. The second-order valence-electron chi connectivity index (χ2n) is 3.96. The first-order valence-electron chi connectivity index (χ1n) is 5.12. The third-order valence-corrected chi connectivity index (χ3v) is 2.97. The van der Waals surface area contributed by atoms with Crippen molar-refractivity contribution in [1.29, 1.82) is 0 Å². The third-order valence-electron chi connectivity index (χ3n) is 2.97. The summed E-state index contributed by atoms with van der Waals surface area (Å²) in [6.45, 7) is 3.40. The van der Waals surface area contributed by atoms with Gasteiger partial charge in [0.2, 0.25) is 5.78 Å². The molecule has 0 spiro atoms. The number of rotatable bonds is 2. The molecule has 88 valence electrons. The predicted molar refractivity (Wildman–Crippen MR) is 62.2 cm³/mol. The highest BCUT2D eigenvalue weighted by Gasteiger charge is 2.20. The van der Waals surface area contributed by atoms with E-state index in [0.29, 0.717) is 22.4 Å². The van der Waals surface area contributed by atoms with Crippen molar-refractivity contribution in [3.8, 4) is 5.75 Å². The Kier molecular flexibility index (Phi) is 2.46. The predicted octanol–water partition coefficient (Wildman–Crippen LogP) is 1.28. The number of aldehydes is 1. The van der Waals surface area contributed by atoms with E-state index >= 15 is 0 Å². The number of ketones is 1. The number of aromatic nitrogens is 2. The Morgan fingerprint density at radius 1 is 1.47 bits per heavy atom. The van der Waals surface area contributed by atoms with Gasteiger partial charge in [0.05, 0.1) is 16.6 Å². The first-order valence-corrected chi connectivity index (χ1v) is 5.12. The summed E-state index contributed by atoms with van der Waals surface area (Å²) >= 11 is 0. The van der Waals surface area contributed by atoms with E-state index in [0.717, 1.165) is 0 Å². The Morgan fingerprint density at radius 2 is 2.12 bits per heavy atom. The molecule has 0 unspecified atom stereocenters. The highest BCUT2D eigenvalue weighted by molar-refractivity contribution is 6.36. The molecule has 2 aromatic rings. The van der Waals surface area contributed by atoms with Gasteiger partial charge in [-0.05, 0) is 13.8 Å². The van der Waals surface area contributed by atoms with Crippen molar-refractivity contribution < 1.29 is 14.7 Å². The highest BCUT2D eigenvalue weighted by Crippen LogP contribution is 2.29. The minimum atomic E-state index is -0.647. The number of carbonyl (C=O) groups excluding carboxylic acids is 2. The summed E-state index contributed by atoms with van der Waals surface area (Å²) in [5, 5.41) is 9.73. The number of phenolic OH excluding ortho intramolecular Hbond substituents is 1. The number of nitrogens with zero attached hydrogens (tertiary/aromatic N) is 2. The van der Waals surface area contributed by atoms with Crippen LogP contribution in [0, 0.1) is 13.8 Å². The molecule has 5 heteroatoms. The van der Waals surface area contributed by atoms with Crippen LogP contribution >= 0.6 is 0 Å². The molecule has 1 aromatic carbocycles. The highest BCUT2D eigenvalue weighted by atomic mass is 16.3. The minimum Gasteiger partial charge on any atom is -0.508 e. The minimum absolute atomic E-state index is 0.0270. The Balaban J connectivity index is 2.99. The van der Waals surface area contributed by atoms with Crippen molar-refractivity contribution in [3.05, 3.63) is 23.0 Å². The fraction of sp³-hybridized carbons (Fsp3) is 0.250. The van der Waals surface area contributed by atoms with Crippen molar-refractivity contribution in [1.82, 2.24) is 9.55 Å². The molecule has 0 aliphatic rings. The molecule has 0 saturated heterocycles. The van der Waals surface area contributed by atoms with Gasteiger partial charge < -0.3 is 9.67 Å². The lowest BCUT2D eigenvalue weighted by Crippen LogP contribution is -2.06. The van der Waals surface area contributed by atoms with E-state index in [2.05, 4.69) is 4.98 Å². The van der Waals surface area contributed by atoms with E-state index in [1.54, 1.807) is 25.5 Å². The SMILES string of the molecule is Cc1c(O)cc2nc(C)n(C)c2c1C(=O)C=O. The van der Waals surface area contributed by atoms with Crippen LogP contribution in [0.3, 0.4) is 0 Å². The molecule has 1 N–H and O–H groups in total. The van der Waals surface area contributed by atoms with Crippen LogP contribution in [0.4, 0.5) is 0 Å². The molecule has 0 atom stereocenters. The molecular weight excluding hydrogens is 220 g/mol. The fourth-order valence-corrected chi connectivity index (χ4v) is 1.94. The number of aromatic hydroxyl groups is 1. The zero-order valence-electron chi connectivity index (χ0n) is 9.81. The Hall–Kier alpha value is -2.17. The Bertz CT molecular complexity index is 641. The lowest BCUT2D eigenvalue weighted by Gasteiger charge is -2.07. The molecule has 0 fully saturated rings. The van der Waals surface area contributed by atoms with E-state index < -0.39 is 5.78 Å². The summed E-state index contributed by atoms with van der Waals surface area (Å²) in [5.41, 5.74) is 1.71. The molecule has 1 aromatic heterocycles. The molecule has 17 heavy (non-hydrogen) atoms. The molecule has 1 heterocycles. The third kappa shape index (κ3) is 1.51. The summed E-state index contributed by atoms with van der Waals surface area (Å²) in [6, 6.07) is 1.50. The molecule has 2 rings (SSSR count). The van der Waals surface area contributed by atoms with Gasteiger partial charge in [-0.3, -0.25) is 9.59 Å². The van der Waals surface area contributed by atoms with Crippen molar-refractivity contribution >= 4 is 23.1 Å². The largest absolute Gasteiger partial charge is 0.508 e. The van der Waals surface area contributed by atoms with Crippen LogP contribution < -0.4 is 0 Å². The maximum atomic E-state index is 11.6. The second-order valence-corrected chi connectivity index (χ2v) is 3.96. The van der Waals surface area contributed by atoms with E-state index in [1.165, 1.54) is 6.07 Å². The molecule has 0 aliphatic carbocycles. The van der Waals surface area contributed by atoms with E-state index in [1.807, 2.05) is 0 Å². The summed E-state index contributed by atoms with van der Waals surface area (Å²) in [4.78, 5) is 26.5. The van der Waals surface area contributed by atoms with Gasteiger partial charge in [0.1, 0.15) is 11.6 Å². The number of benzene rings is 1. The molecule has 0 aliphatic heterocycles. The average molecular weight is 232 g/mol. The van der Waals surface area contributed by atoms with Crippen LogP contribution in [0.1, 0.15) is 21.7 Å². The van der Waals surface area contributed by atoms with Crippen LogP contribution in [0.2, 0.25) is 0 Å². The normalized spacial score (nSPS) is 10.8. The van der Waals surface area contributed by atoms with Gasteiger partial charge >= 0.3 is 0 Å². The average Bonchev–Trinajstić information content (AvgIpc) is 2.56. The number of Topliss-reactive ketones (excluding diaryl/α,β-unsaturated/α-hetero) is 1. The van der Waals surface area contributed by atoms with E-state index in [-0.39, 0.29) is 17.6 Å². The molecule has 0 radical (unpaired) electrons. The number of hydrogen-bond acceptors (Lipinski definition) is 4. The first-order chi connectivity index (χ1) is 7.97.